The molecular formula is C22H29N3O3S. The van der Waals surface area contributed by atoms with Crippen LogP contribution in [0, 0.1) is 6.92 Å². The number of likely N-dealkylation sites (tertiary alicyclic amines) is 1. The number of carbonyl (C=O) groups excluding carboxylic acids is 1. The van der Waals surface area contributed by atoms with Gasteiger partial charge in [-0.25, -0.2) is 8.42 Å². The third-order valence-corrected chi connectivity index (χ3v) is 6.59. The van der Waals surface area contributed by atoms with Gasteiger partial charge in [-0.15, -0.1) is 0 Å². The van der Waals surface area contributed by atoms with E-state index in [1.54, 1.807) is 36.4 Å². The summed E-state index contributed by atoms with van der Waals surface area (Å²) in [6.07, 6.45) is 5.01. The maximum atomic E-state index is 12.6. The first-order valence-electron chi connectivity index (χ1n) is 10.1. The molecule has 0 unspecified atom stereocenters. The fraction of sp³-hybridized carbons (Fsp3) is 0.409. The monoisotopic (exact) mass is 415 g/mol. The maximum Gasteiger partial charge on any atom is 0.261 e. The van der Waals surface area contributed by atoms with Crippen molar-refractivity contribution in [3.8, 4) is 0 Å². The van der Waals surface area contributed by atoms with Gasteiger partial charge in [0.2, 0.25) is 0 Å². The zero-order chi connectivity index (χ0) is 20.7. The number of amides is 1. The molecule has 1 saturated heterocycles. The molecule has 0 radical (unpaired) electrons. The molecule has 0 saturated carbocycles. The number of sulfonamides is 1. The smallest absolute Gasteiger partial charge is 0.261 e. The lowest BCUT2D eigenvalue weighted by molar-refractivity contribution is 0.0948. The number of hydrogen-bond donors (Lipinski definition) is 2. The highest BCUT2D eigenvalue weighted by Crippen LogP contribution is 2.21. The van der Waals surface area contributed by atoms with E-state index in [0.717, 1.165) is 25.2 Å². The minimum absolute atomic E-state index is 0.187. The number of nitrogens with one attached hydrogen (secondary N) is 2. The predicted octanol–water partition coefficient (Wildman–Crippen LogP) is 3.40. The van der Waals surface area contributed by atoms with E-state index in [2.05, 4.69) is 14.9 Å². The quantitative estimate of drug-likeness (QED) is 0.726. The summed E-state index contributed by atoms with van der Waals surface area (Å²) in [7, 11) is -3.70. The van der Waals surface area contributed by atoms with E-state index in [9.17, 15) is 13.2 Å². The van der Waals surface area contributed by atoms with Gasteiger partial charge in [0.15, 0.2) is 0 Å². The highest BCUT2D eigenvalue weighted by Gasteiger charge is 2.16. The Labute approximate surface area is 173 Å². The topological polar surface area (TPSA) is 78.5 Å². The molecule has 1 amide bonds. The maximum absolute atomic E-state index is 12.6. The molecule has 2 N–H and O–H groups in total. The summed E-state index contributed by atoms with van der Waals surface area (Å²) in [6, 6.07) is 13.3. The molecule has 0 aliphatic carbocycles. The second-order valence-corrected chi connectivity index (χ2v) is 9.14. The summed E-state index contributed by atoms with van der Waals surface area (Å²) in [5.74, 6) is -0.194. The van der Waals surface area contributed by atoms with Crippen LogP contribution < -0.4 is 10.0 Å². The zero-order valence-corrected chi connectivity index (χ0v) is 17.7. The number of aryl methyl sites for hydroxylation is 1. The first-order valence-corrected chi connectivity index (χ1v) is 11.6. The molecule has 0 bridgehead atoms. The molecule has 2 aromatic rings. The highest BCUT2D eigenvalue weighted by molar-refractivity contribution is 7.92. The molecular weight excluding hydrogens is 386 g/mol. The molecule has 0 spiro atoms. The standard InChI is InChI=1S/C22H29N3O3S/c1-18-11-12-19(22(26)23-13-16-25-14-7-2-3-8-15-25)17-21(18)24-29(27,28)20-9-5-4-6-10-20/h4-6,9-12,17,24H,2-3,7-8,13-16H2,1H3,(H,23,26). The number of anilines is 1. The minimum Gasteiger partial charge on any atom is -0.351 e. The van der Waals surface area contributed by atoms with Crippen molar-refractivity contribution in [2.45, 2.75) is 37.5 Å². The Morgan fingerprint density at radius 1 is 1.00 bits per heavy atom. The van der Waals surface area contributed by atoms with E-state index in [-0.39, 0.29) is 10.8 Å². The Kier molecular flexibility index (Phi) is 7.28. The Balaban J connectivity index is 1.62. The predicted molar refractivity (Wildman–Crippen MR) is 116 cm³/mol. The molecule has 1 aliphatic rings. The summed E-state index contributed by atoms with van der Waals surface area (Å²) in [4.78, 5) is 15.1. The molecule has 3 rings (SSSR count). The van der Waals surface area contributed by atoms with Crippen LogP contribution in [0.2, 0.25) is 0 Å². The van der Waals surface area contributed by atoms with Gasteiger partial charge in [0, 0.05) is 18.7 Å². The molecule has 0 aromatic heterocycles. The molecule has 1 fully saturated rings. The van der Waals surface area contributed by atoms with Crippen molar-refractivity contribution in [1.29, 1.82) is 0 Å². The van der Waals surface area contributed by atoms with Crippen LogP contribution in [-0.4, -0.2) is 45.4 Å². The van der Waals surface area contributed by atoms with Crippen molar-refractivity contribution < 1.29 is 13.2 Å². The van der Waals surface area contributed by atoms with Crippen molar-refractivity contribution in [1.82, 2.24) is 10.2 Å². The lowest BCUT2D eigenvalue weighted by Gasteiger charge is -2.19. The first kappa shape index (κ1) is 21.3. The molecule has 156 valence electrons. The molecule has 29 heavy (non-hydrogen) atoms. The number of hydrogen-bond acceptors (Lipinski definition) is 4. The summed E-state index contributed by atoms with van der Waals surface area (Å²) in [5.41, 5.74) is 1.61. The van der Waals surface area contributed by atoms with Crippen molar-refractivity contribution in [2.24, 2.45) is 0 Å². The summed E-state index contributed by atoms with van der Waals surface area (Å²) in [6.45, 7) is 5.41. The normalized spacial score (nSPS) is 15.5. The summed E-state index contributed by atoms with van der Waals surface area (Å²) in [5, 5.41) is 2.95. The van der Waals surface area contributed by atoms with Gasteiger partial charge < -0.3 is 10.2 Å². The van der Waals surface area contributed by atoms with E-state index >= 15 is 0 Å². The van der Waals surface area contributed by atoms with Crippen LogP contribution in [0.5, 0.6) is 0 Å². The Hall–Kier alpha value is -2.38. The number of benzene rings is 2. The number of nitrogens with zero attached hydrogens (tertiary/aromatic N) is 1. The lowest BCUT2D eigenvalue weighted by Crippen LogP contribution is -2.35. The van der Waals surface area contributed by atoms with Gasteiger partial charge >= 0.3 is 0 Å². The van der Waals surface area contributed by atoms with Gasteiger partial charge in [-0.2, -0.15) is 0 Å². The van der Waals surface area contributed by atoms with Crippen LogP contribution in [-0.2, 0) is 10.0 Å². The Morgan fingerprint density at radius 3 is 2.38 bits per heavy atom. The van der Waals surface area contributed by atoms with E-state index in [0.29, 0.717) is 17.8 Å². The molecule has 6 nitrogen and oxygen atoms in total. The van der Waals surface area contributed by atoms with Crippen LogP contribution in [0.4, 0.5) is 5.69 Å². The summed E-state index contributed by atoms with van der Waals surface area (Å²) >= 11 is 0. The average Bonchev–Trinajstić information content (AvgIpc) is 2.99. The van der Waals surface area contributed by atoms with Gasteiger partial charge in [0.25, 0.3) is 15.9 Å². The Bertz CT molecular complexity index is 922. The second kappa shape index (κ2) is 9.89. The van der Waals surface area contributed by atoms with Gasteiger partial charge in [-0.3, -0.25) is 9.52 Å². The second-order valence-electron chi connectivity index (χ2n) is 7.46. The number of carbonyl (C=O) groups is 1. The lowest BCUT2D eigenvalue weighted by atomic mass is 10.1. The number of rotatable bonds is 7. The van der Waals surface area contributed by atoms with Gasteiger partial charge in [-0.1, -0.05) is 37.1 Å². The molecule has 2 aromatic carbocycles. The van der Waals surface area contributed by atoms with Crippen molar-refractivity contribution in [3.05, 3.63) is 59.7 Å². The third-order valence-electron chi connectivity index (χ3n) is 5.21. The fourth-order valence-corrected chi connectivity index (χ4v) is 4.61. The Morgan fingerprint density at radius 2 is 1.69 bits per heavy atom. The molecule has 1 heterocycles. The van der Waals surface area contributed by atoms with Gasteiger partial charge in [0.05, 0.1) is 10.6 Å². The van der Waals surface area contributed by atoms with Crippen molar-refractivity contribution >= 4 is 21.6 Å². The van der Waals surface area contributed by atoms with Crippen LogP contribution in [0.1, 0.15) is 41.6 Å². The van der Waals surface area contributed by atoms with E-state index in [1.807, 2.05) is 6.92 Å². The van der Waals surface area contributed by atoms with Crippen LogP contribution in [0.3, 0.4) is 0 Å². The van der Waals surface area contributed by atoms with E-state index in [4.69, 9.17) is 0 Å². The van der Waals surface area contributed by atoms with Crippen LogP contribution >= 0.6 is 0 Å². The van der Waals surface area contributed by atoms with E-state index in [1.165, 1.54) is 37.8 Å². The highest BCUT2D eigenvalue weighted by atomic mass is 32.2. The average molecular weight is 416 g/mol. The molecule has 1 aliphatic heterocycles. The largest absolute Gasteiger partial charge is 0.351 e. The molecule has 7 heteroatoms. The van der Waals surface area contributed by atoms with Crippen molar-refractivity contribution in [2.75, 3.05) is 30.9 Å². The minimum atomic E-state index is -3.70. The van der Waals surface area contributed by atoms with Crippen LogP contribution in [0.25, 0.3) is 0 Å². The first-order chi connectivity index (χ1) is 14.0. The van der Waals surface area contributed by atoms with Crippen molar-refractivity contribution in [3.63, 3.8) is 0 Å². The molecule has 0 atom stereocenters. The summed E-state index contributed by atoms with van der Waals surface area (Å²) < 4.78 is 27.8. The fourth-order valence-electron chi connectivity index (χ4n) is 3.47. The van der Waals surface area contributed by atoms with Crippen LogP contribution in [0.15, 0.2) is 53.4 Å². The van der Waals surface area contributed by atoms with Gasteiger partial charge in [-0.05, 0) is 62.7 Å². The van der Waals surface area contributed by atoms with E-state index < -0.39 is 10.0 Å². The van der Waals surface area contributed by atoms with Gasteiger partial charge in [0.1, 0.15) is 0 Å². The third kappa shape index (κ3) is 6.05. The zero-order valence-electron chi connectivity index (χ0n) is 16.9. The SMILES string of the molecule is Cc1ccc(C(=O)NCCN2CCCCCC2)cc1NS(=O)(=O)c1ccccc1.